The molecule has 0 saturated heterocycles. The zero-order valence-electron chi connectivity index (χ0n) is 11.9. The van der Waals surface area contributed by atoms with Crippen molar-refractivity contribution in [2.24, 2.45) is 5.73 Å². The van der Waals surface area contributed by atoms with Gasteiger partial charge in [-0.25, -0.2) is 8.42 Å². The fourth-order valence-electron chi connectivity index (χ4n) is 1.74. The highest BCUT2D eigenvalue weighted by Crippen LogP contribution is 2.20. The van der Waals surface area contributed by atoms with Crippen molar-refractivity contribution in [1.82, 2.24) is 4.31 Å². The SMILES string of the molecule is CN(CC(C)(C)O)S(=O)(=O)c1ccccc1C#CCN. The molecule has 0 saturated carbocycles. The van der Waals surface area contributed by atoms with Gasteiger partial charge >= 0.3 is 0 Å². The Morgan fingerprint density at radius 1 is 1.35 bits per heavy atom. The standard InChI is InChI=1S/C14H20N2O3S/c1-14(2,17)11-16(3)20(18,19)13-9-5-4-7-12(13)8-6-10-15/h4-5,7,9,17H,10-11,15H2,1-3H3. The quantitative estimate of drug-likeness (QED) is 0.787. The van der Waals surface area contributed by atoms with Crippen molar-refractivity contribution < 1.29 is 13.5 Å². The molecule has 1 rings (SSSR count). The molecular weight excluding hydrogens is 276 g/mol. The molecule has 1 aromatic carbocycles. The van der Waals surface area contributed by atoms with Gasteiger partial charge in [-0.05, 0) is 26.0 Å². The molecule has 0 aliphatic heterocycles. The van der Waals surface area contributed by atoms with Gasteiger partial charge in [0.15, 0.2) is 0 Å². The number of likely N-dealkylation sites (N-methyl/N-ethyl adjacent to an activating group) is 1. The van der Waals surface area contributed by atoms with E-state index in [9.17, 15) is 13.5 Å². The molecule has 0 spiro atoms. The molecule has 0 unspecified atom stereocenters. The molecule has 0 fully saturated rings. The minimum Gasteiger partial charge on any atom is -0.389 e. The number of sulfonamides is 1. The number of rotatable bonds is 4. The van der Waals surface area contributed by atoms with Crippen molar-refractivity contribution in [1.29, 1.82) is 0 Å². The topological polar surface area (TPSA) is 83.6 Å². The summed E-state index contributed by atoms with van der Waals surface area (Å²) in [5, 5.41) is 9.76. The van der Waals surface area contributed by atoms with E-state index < -0.39 is 15.6 Å². The van der Waals surface area contributed by atoms with Crippen molar-refractivity contribution >= 4 is 10.0 Å². The average molecular weight is 296 g/mol. The molecule has 6 heteroatoms. The van der Waals surface area contributed by atoms with Crippen molar-refractivity contribution in [2.45, 2.75) is 24.3 Å². The molecule has 0 radical (unpaired) electrons. The first-order chi connectivity index (χ1) is 9.18. The predicted molar refractivity (Wildman–Crippen MR) is 78.5 cm³/mol. The Bertz CT molecular complexity index is 622. The molecule has 0 amide bonds. The second-order valence-corrected chi connectivity index (χ2v) is 7.09. The van der Waals surface area contributed by atoms with E-state index in [4.69, 9.17) is 5.73 Å². The Labute approximate surface area is 120 Å². The van der Waals surface area contributed by atoms with Gasteiger partial charge in [-0.3, -0.25) is 0 Å². The van der Waals surface area contributed by atoms with Crippen LogP contribution in [-0.2, 0) is 10.0 Å². The molecule has 5 nitrogen and oxygen atoms in total. The maximum absolute atomic E-state index is 12.5. The molecule has 0 heterocycles. The summed E-state index contributed by atoms with van der Waals surface area (Å²) in [5.74, 6) is 5.40. The lowest BCUT2D eigenvalue weighted by atomic mass is 10.1. The smallest absolute Gasteiger partial charge is 0.244 e. The van der Waals surface area contributed by atoms with Crippen molar-refractivity contribution in [2.75, 3.05) is 20.1 Å². The average Bonchev–Trinajstić information content (AvgIpc) is 2.34. The Morgan fingerprint density at radius 2 is 1.95 bits per heavy atom. The highest BCUT2D eigenvalue weighted by atomic mass is 32.2. The highest BCUT2D eigenvalue weighted by Gasteiger charge is 2.27. The van der Waals surface area contributed by atoms with Crippen LogP contribution in [0.3, 0.4) is 0 Å². The van der Waals surface area contributed by atoms with Crippen LogP contribution in [0.5, 0.6) is 0 Å². The molecule has 20 heavy (non-hydrogen) atoms. The molecular formula is C14H20N2O3S. The van der Waals surface area contributed by atoms with Gasteiger partial charge < -0.3 is 10.8 Å². The van der Waals surface area contributed by atoms with Crippen LogP contribution in [0.2, 0.25) is 0 Å². The first kappa shape index (κ1) is 16.7. The molecule has 110 valence electrons. The van der Waals surface area contributed by atoms with E-state index in [1.165, 1.54) is 13.1 Å². The third kappa shape index (κ3) is 4.32. The van der Waals surface area contributed by atoms with Gasteiger partial charge in [0.2, 0.25) is 10.0 Å². The van der Waals surface area contributed by atoms with E-state index in [0.717, 1.165) is 4.31 Å². The van der Waals surface area contributed by atoms with E-state index in [-0.39, 0.29) is 18.0 Å². The van der Waals surface area contributed by atoms with Crippen LogP contribution >= 0.6 is 0 Å². The van der Waals surface area contributed by atoms with E-state index >= 15 is 0 Å². The minimum absolute atomic E-state index is 0.00597. The maximum Gasteiger partial charge on any atom is 0.244 e. The summed E-state index contributed by atoms with van der Waals surface area (Å²) in [5.41, 5.74) is 4.60. The van der Waals surface area contributed by atoms with Crippen molar-refractivity contribution in [3.63, 3.8) is 0 Å². The number of nitrogens with zero attached hydrogens (tertiary/aromatic N) is 1. The molecule has 0 atom stereocenters. The zero-order valence-corrected chi connectivity index (χ0v) is 12.7. The summed E-state index contributed by atoms with van der Waals surface area (Å²) in [7, 11) is -2.27. The first-order valence-electron chi connectivity index (χ1n) is 6.15. The van der Waals surface area contributed by atoms with Crippen LogP contribution in [-0.4, -0.2) is 43.6 Å². The van der Waals surface area contributed by atoms with E-state index in [1.807, 2.05) is 0 Å². The molecule has 0 aliphatic rings. The summed E-state index contributed by atoms with van der Waals surface area (Å²) in [6.45, 7) is 3.26. The lowest BCUT2D eigenvalue weighted by Crippen LogP contribution is -2.39. The van der Waals surface area contributed by atoms with Crippen LogP contribution in [0, 0.1) is 11.8 Å². The van der Waals surface area contributed by atoms with E-state index in [1.54, 1.807) is 32.0 Å². The van der Waals surface area contributed by atoms with Gasteiger partial charge in [0, 0.05) is 19.2 Å². The van der Waals surface area contributed by atoms with Crippen LogP contribution < -0.4 is 5.73 Å². The van der Waals surface area contributed by atoms with Gasteiger partial charge in [0.1, 0.15) is 0 Å². The summed E-state index contributed by atoms with van der Waals surface area (Å²) in [6, 6.07) is 6.48. The number of benzene rings is 1. The molecule has 0 aromatic heterocycles. The van der Waals surface area contributed by atoms with Gasteiger partial charge in [-0.15, -0.1) is 0 Å². The summed E-state index contributed by atoms with van der Waals surface area (Å²) in [4.78, 5) is 0.118. The third-order valence-electron chi connectivity index (χ3n) is 2.51. The Balaban J connectivity index is 3.22. The largest absolute Gasteiger partial charge is 0.389 e. The van der Waals surface area contributed by atoms with Crippen molar-refractivity contribution in [3.05, 3.63) is 29.8 Å². The zero-order chi connectivity index (χ0) is 15.4. The number of aliphatic hydroxyl groups is 1. The Hall–Kier alpha value is -1.39. The second-order valence-electron chi connectivity index (χ2n) is 5.08. The molecule has 0 aliphatic carbocycles. The first-order valence-corrected chi connectivity index (χ1v) is 7.59. The summed E-state index contributed by atoms with van der Waals surface area (Å²) in [6.07, 6.45) is 0. The Kier molecular flexibility index (Phi) is 5.31. The number of hydrogen-bond donors (Lipinski definition) is 2. The maximum atomic E-state index is 12.5. The number of hydrogen-bond acceptors (Lipinski definition) is 4. The summed E-state index contributed by atoms with van der Waals surface area (Å²) >= 11 is 0. The Morgan fingerprint density at radius 3 is 2.50 bits per heavy atom. The lowest BCUT2D eigenvalue weighted by Gasteiger charge is -2.25. The van der Waals surface area contributed by atoms with Crippen LogP contribution in [0.4, 0.5) is 0 Å². The third-order valence-corrected chi connectivity index (χ3v) is 4.37. The second kappa shape index (κ2) is 6.37. The monoisotopic (exact) mass is 296 g/mol. The predicted octanol–water partition coefficient (Wildman–Crippen LogP) is 0.388. The van der Waals surface area contributed by atoms with Crippen LogP contribution in [0.1, 0.15) is 19.4 Å². The normalized spacial score (nSPS) is 12.1. The molecule has 1 aromatic rings. The van der Waals surface area contributed by atoms with Gasteiger partial charge in [0.25, 0.3) is 0 Å². The van der Waals surface area contributed by atoms with Gasteiger partial charge in [0.05, 0.1) is 17.0 Å². The molecule has 0 bridgehead atoms. The van der Waals surface area contributed by atoms with E-state index in [2.05, 4.69) is 11.8 Å². The van der Waals surface area contributed by atoms with E-state index in [0.29, 0.717) is 5.56 Å². The van der Waals surface area contributed by atoms with Gasteiger partial charge in [-0.2, -0.15) is 4.31 Å². The lowest BCUT2D eigenvalue weighted by molar-refractivity contribution is 0.0640. The fraction of sp³-hybridized carbons (Fsp3) is 0.429. The molecule has 3 N–H and O–H groups in total. The fourth-order valence-corrected chi connectivity index (χ4v) is 3.21. The minimum atomic E-state index is -3.70. The highest BCUT2D eigenvalue weighted by molar-refractivity contribution is 7.89. The van der Waals surface area contributed by atoms with Crippen LogP contribution in [0.25, 0.3) is 0 Å². The van der Waals surface area contributed by atoms with Crippen LogP contribution in [0.15, 0.2) is 29.2 Å². The van der Waals surface area contributed by atoms with Crippen molar-refractivity contribution in [3.8, 4) is 11.8 Å². The van der Waals surface area contributed by atoms with Gasteiger partial charge in [-0.1, -0.05) is 24.0 Å². The number of nitrogens with two attached hydrogens (primary N) is 1. The summed E-state index contributed by atoms with van der Waals surface area (Å²) < 4.78 is 26.1.